The minimum absolute atomic E-state index is 0.0504. The summed E-state index contributed by atoms with van der Waals surface area (Å²) in [6, 6.07) is 12.8. The first-order chi connectivity index (χ1) is 17.8. The predicted molar refractivity (Wildman–Crippen MR) is 126 cm³/mol. The van der Waals surface area contributed by atoms with E-state index in [-0.39, 0.29) is 29.4 Å². The number of nitrogens with zero attached hydrogens (tertiary/aromatic N) is 7. The Balaban J connectivity index is 1.45. The molecule has 2 aromatic carbocycles. The molecular formula is C23H20F3N9O2. The molecule has 0 aliphatic carbocycles. The largest absolute Gasteiger partial charge is 0.417 e. The van der Waals surface area contributed by atoms with E-state index in [2.05, 4.69) is 40.7 Å². The van der Waals surface area contributed by atoms with Gasteiger partial charge in [-0.2, -0.15) is 23.0 Å². The van der Waals surface area contributed by atoms with Gasteiger partial charge in [0.25, 0.3) is 5.91 Å². The monoisotopic (exact) mass is 511 g/mol. The molecule has 0 bridgehead atoms. The summed E-state index contributed by atoms with van der Waals surface area (Å²) in [4.78, 5) is 15.1. The van der Waals surface area contributed by atoms with Gasteiger partial charge in [0, 0.05) is 17.8 Å². The Morgan fingerprint density at radius 1 is 1.16 bits per heavy atom. The van der Waals surface area contributed by atoms with Gasteiger partial charge < -0.3 is 10.6 Å². The molecule has 0 saturated carbocycles. The third-order valence-corrected chi connectivity index (χ3v) is 5.86. The number of anilines is 2. The van der Waals surface area contributed by atoms with Gasteiger partial charge in [-0.15, -0.1) is 5.10 Å². The van der Waals surface area contributed by atoms with Gasteiger partial charge in [0.05, 0.1) is 24.0 Å². The number of nitrogens with two attached hydrogens (primary N) is 1. The van der Waals surface area contributed by atoms with Crippen LogP contribution in [-0.4, -0.2) is 44.0 Å². The molecule has 3 N–H and O–H groups in total. The van der Waals surface area contributed by atoms with Crippen LogP contribution in [0, 0.1) is 0 Å². The number of fused-ring (bicyclic) bond motifs is 1. The fourth-order valence-corrected chi connectivity index (χ4v) is 4.17. The van der Waals surface area contributed by atoms with Gasteiger partial charge in [-0.25, -0.2) is 10.1 Å². The number of carbonyl (C=O) groups excluding carboxylic acids is 1. The van der Waals surface area contributed by atoms with Gasteiger partial charge >= 0.3 is 6.18 Å². The van der Waals surface area contributed by atoms with E-state index < -0.39 is 17.6 Å². The Hall–Kier alpha value is -4.75. The smallest absolute Gasteiger partial charge is 0.378 e. The van der Waals surface area contributed by atoms with E-state index in [9.17, 15) is 18.0 Å². The molecule has 4 aromatic rings. The Morgan fingerprint density at radius 3 is 2.73 bits per heavy atom. The first-order valence-electron chi connectivity index (χ1n) is 11.2. The number of rotatable bonds is 6. The summed E-state index contributed by atoms with van der Waals surface area (Å²) in [5.74, 6) is -0.782. The van der Waals surface area contributed by atoms with E-state index in [0.717, 1.165) is 36.4 Å². The van der Waals surface area contributed by atoms with Crippen molar-refractivity contribution >= 4 is 23.6 Å². The van der Waals surface area contributed by atoms with Gasteiger partial charge in [-0.3, -0.25) is 4.79 Å². The molecule has 190 valence electrons. The zero-order chi connectivity index (χ0) is 26.0. The van der Waals surface area contributed by atoms with Crippen LogP contribution in [0.4, 0.5) is 24.7 Å². The van der Waals surface area contributed by atoms with Crippen LogP contribution in [0.15, 0.2) is 58.3 Å². The number of para-hydroxylation sites is 1. The molecule has 5 rings (SSSR count). The molecule has 2 aromatic heterocycles. The lowest BCUT2D eigenvalue weighted by Gasteiger charge is -2.31. The third kappa shape index (κ3) is 4.85. The highest BCUT2D eigenvalue weighted by Gasteiger charge is 2.32. The maximum atomic E-state index is 13.2. The van der Waals surface area contributed by atoms with Crippen molar-refractivity contribution in [3.8, 4) is 5.82 Å². The standard InChI is InChI=1S/C23H20F3N9O2/c24-23(25,26)16-9-3-1-7-15(16)12-28-30-22(36)19-18(35(33-29-19)21-20(27)31-37-32-21)13-34-11-5-8-14-6-2-4-10-17(14)34/h1-4,6-7,9-10,12H,5,8,11,13H2,(H2,27,31)(H,30,36). The maximum absolute atomic E-state index is 13.2. The van der Waals surface area contributed by atoms with Crippen LogP contribution in [0.2, 0.25) is 0 Å². The van der Waals surface area contributed by atoms with E-state index in [1.54, 1.807) is 0 Å². The molecular weight excluding hydrogens is 491 g/mol. The topological polar surface area (TPSA) is 140 Å². The zero-order valence-electron chi connectivity index (χ0n) is 19.2. The van der Waals surface area contributed by atoms with Crippen LogP contribution in [0.3, 0.4) is 0 Å². The van der Waals surface area contributed by atoms with Gasteiger partial charge in [-0.1, -0.05) is 41.6 Å². The number of hydrazone groups is 1. The maximum Gasteiger partial charge on any atom is 0.417 e. The van der Waals surface area contributed by atoms with Crippen molar-refractivity contribution in [1.29, 1.82) is 0 Å². The molecule has 0 saturated heterocycles. The number of benzene rings is 2. The van der Waals surface area contributed by atoms with Gasteiger partial charge in [-0.05, 0) is 40.9 Å². The Bertz CT molecular complexity index is 1460. The fourth-order valence-electron chi connectivity index (χ4n) is 4.17. The third-order valence-electron chi connectivity index (χ3n) is 5.86. The molecule has 1 amide bonds. The van der Waals surface area contributed by atoms with Crippen molar-refractivity contribution in [2.75, 3.05) is 17.2 Å². The lowest BCUT2D eigenvalue weighted by Crippen LogP contribution is -2.31. The van der Waals surface area contributed by atoms with Crippen LogP contribution in [-0.2, 0) is 19.1 Å². The predicted octanol–water partition coefficient (Wildman–Crippen LogP) is 2.97. The molecule has 0 unspecified atom stereocenters. The van der Waals surface area contributed by atoms with Gasteiger partial charge in [0.1, 0.15) is 0 Å². The van der Waals surface area contributed by atoms with Crippen LogP contribution >= 0.6 is 0 Å². The molecule has 11 nitrogen and oxygen atoms in total. The second kappa shape index (κ2) is 9.72. The Labute approximate surface area is 207 Å². The van der Waals surface area contributed by atoms with E-state index in [1.165, 1.54) is 22.9 Å². The molecule has 0 fully saturated rings. The molecule has 14 heteroatoms. The van der Waals surface area contributed by atoms with E-state index >= 15 is 0 Å². The minimum atomic E-state index is -4.57. The summed E-state index contributed by atoms with van der Waals surface area (Å²) in [5.41, 5.74) is 9.38. The second-order valence-corrected chi connectivity index (χ2v) is 8.21. The van der Waals surface area contributed by atoms with E-state index in [1.807, 2.05) is 24.3 Å². The normalized spacial score (nSPS) is 13.6. The molecule has 37 heavy (non-hydrogen) atoms. The highest BCUT2D eigenvalue weighted by atomic mass is 19.4. The first kappa shape index (κ1) is 24.0. The number of carbonyl (C=O) groups is 1. The number of nitrogen functional groups attached to an aromatic ring is 1. The summed E-state index contributed by atoms with van der Waals surface area (Å²) in [7, 11) is 0. The number of hydrogen-bond acceptors (Lipinski definition) is 9. The first-order valence-corrected chi connectivity index (χ1v) is 11.2. The summed E-state index contributed by atoms with van der Waals surface area (Å²) in [6.45, 7) is 0.919. The van der Waals surface area contributed by atoms with Crippen molar-refractivity contribution in [3.63, 3.8) is 0 Å². The number of alkyl halides is 3. The average Bonchev–Trinajstić information content (AvgIpc) is 3.49. The lowest BCUT2D eigenvalue weighted by atomic mass is 10.0. The van der Waals surface area contributed by atoms with Crippen LogP contribution in [0.5, 0.6) is 0 Å². The number of hydrogen-bond donors (Lipinski definition) is 2. The fraction of sp³-hybridized carbons (Fsp3) is 0.217. The summed E-state index contributed by atoms with van der Waals surface area (Å²) in [6.07, 6.45) is -1.83. The second-order valence-electron chi connectivity index (χ2n) is 8.21. The lowest BCUT2D eigenvalue weighted by molar-refractivity contribution is -0.137. The minimum Gasteiger partial charge on any atom is -0.378 e. The number of aryl methyl sites for hydroxylation is 1. The number of amides is 1. The van der Waals surface area contributed by atoms with Crippen molar-refractivity contribution in [2.24, 2.45) is 5.10 Å². The Morgan fingerprint density at radius 2 is 1.95 bits per heavy atom. The summed E-state index contributed by atoms with van der Waals surface area (Å²) >= 11 is 0. The van der Waals surface area contributed by atoms with Gasteiger partial charge in [0.2, 0.25) is 11.6 Å². The molecule has 1 aliphatic rings. The number of aromatic nitrogens is 5. The Kier molecular flexibility index (Phi) is 6.29. The van der Waals surface area contributed by atoms with Crippen molar-refractivity contribution in [1.82, 2.24) is 30.7 Å². The van der Waals surface area contributed by atoms with Crippen molar-refractivity contribution in [2.45, 2.75) is 25.6 Å². The highest BCUT2D eigenvalue weighted by molar-refractivity contribution is 5.94. The average molecular weight is 511 g/mol. The SMILES string of the molecule is Nc1nonc1-n1nnc(C(=O)NN=Cc2ccccc2C(F)(F)F)c1CN1CCCc2ccccc21. The molecule has 0 spiro atoms. The van der Waals surface area contributed by atoms with Crippen molar-refractivity contribution < 1.29 is 22.6 Å². The highest BCUT2D eigenvalue weighted by Crippen LogP contribution is 2.31. The summed E-state index contributed by atoms with van der Waals surface area (Å²) in [5, 5.41) is 19.0. The van der Waals surface area contributed by atoms with Crippen LogP contribution < -0.4 is 16.1 Å². The molecule has 0 atom stereocenters. The van der Waals surface area contributed by atoms with Crippen LogP contribution in [0.25, 0.3) is 5.82 Å². The van der Waals surface area contributed by atoms with Crippen LogP contribution in [0.1, 0.15) is 39.3 Å². The number of halogens is 3. The number of nitrogens with one attached hydrogen (secondary N) is 1. The van der Waals surface area contributed by atoms with E-state index in [4.69, 9.17) is 5.73 Å². The molecule has 0 radical (unpaired) electrons. The summed E-state index contributed by atoms with van der Waals surface area (Å²) < 4.78 is 45.7. The zero-order valence-corrected chi connectivity index (χ0v) is 19.2. The van der Waals surface area contributed by atoms with Gasteiger partial charge in [0.15, 0.2) is 5.69 Å². The van der Waals surface area contributed by atoms with Crippen molar-refractivity contribution in [3.05, 3.63) is 76.6 Å². The quantitative estimate of drug-likeness (QED) is 0.297. The molecule has 1 aliphatic heterocycles. The van der Waals surface area contributed by atoms with E-state index in [0.29, 0.717) is 12.2 Å². The molecule has 3 heterocycles.